The maximum Gasteiger partial charge on any atom is 0.191 e. The molecule has 0 aliphatic heterocycles. The molecule has 2 aromatic heterocycles. The molecule has 7 nitrogen and oxygen atoms in total. The summed E-state index contributed by atoms with van der Waals surface area (Å²) in [5.41, 5.74) is 4.04. The molecule has 0 unspecified atom stereocenters. The molecule has 0 saturated heterocycles. The van der Waals surface area contributed by atoms with Gasteiger partial charge in [0.1, 0.15) is 18.5 Å². The highest BCUT2D eigenvalue weighted by Crippen LogP contribution is 2.19. The van der Waals surface area contributed by atoms with E-state index in [0.29, 0.717) is 6.54 Å². The van der Waals surface area contributed by atoms with Gasteiger partial charge in [0.15, 0.2) is 5.96 Å². The van der Waals surface area contributed by atoms with Crippen molar-refractivity contribution in [1.29, 1.82) is 0 Å². The van der Waals surface area contributed by atoms with Gasteiger partial charge in [-0.25, -0.2) is 19.0 Å². The van der Waals surface area contributed by atoms with Crippen molar-refractivity contribution < 1.29 is 4.39 Å². The highest BCUT2D eigenvalue weighted by Gasteiger charge is 2.05. The molecular weight excluding hydrogens is 508 g/mol. The van der Waals surface area contributed by atoms with Gasteiger partial charge in [-0.2, -0.15) is 5.10 Å². The van der Waals surface area contributed by atoms with Gasteiger partial charge in [-0.1, -0.05) is 12.1 Å². The van der Waals surface area contributed by atoms with E-state index in [1.54, 1.807) is 11.0 Å². The van der Waals surface area contributed by atoms with Gasteiger partial charge < -0.3 is 15.6 Å². The third kappa shape index (κ3) is 5.81. The number of hydrogen-bond donors (Lipinski definition) is 3. The number of rotatable bonds is 7. The molecule has 2 aromatic carbocycles. The molecule has 0 aliphatic rings. The van der Waals surface area contributed by atoms with Gasteiger partial charge in [0, 0.05) is 30.2 Å². The number of hydrogen-bond acceptors (Lipinski definition) is 3. The molecule has 0 fully saturated rings. The van der Waals surface area contributed by atoms with E-state index in [0.717, 1.165) is 53.2 Å². The van der Waals surface area contributed by atoms with Crippen LogP contribution in [-0.2, 0) is 13.0 Å². The second-order valence-corrected chi connectivity index (χ2v) is 6.88. The van der Waals surface area contributed by atoms with Crippen LogP contribution in [0.4, 0.5) is 4.39 Å². The molecule has 31 heavy (non-hydrogen) atoms. The van der Waals surface area contributed by atoms with Crippen LogP contribution in [0.5, 0.6) is 0 Å². The number of nitrogens with zero attached hydrogens (tertiary/aromatic N) is 4. The Bertz CT molecular complexity index is 1120. The van der Waals surface area contributed by atoms with Gasteiger partial charge in [0.25, 0.3) is 0 Å². The first-order valence-electron chi connectivity index (χ1n) is 9.94. The summed E-state index contributed by atoms with van der Waals surface area (Å²) in [7, 11) is 0. The molecule has 3 N–H and O–H groups in total. The number of H-pyrrole nitrogens is 1. The fourth-order valence-electron chi connectivity index (χ4n) is 3.29. The van der Waals surface area contributed by atoms with Crippen molar-refractivity contribution in [2.75, 3.05) is 13.1 Å². The molecule has 0 saturated carbocycles. The number of aromatic amines is 1. The van der Waals surface area contributed by atoms with Crippen molar-refractivity contribution in [2.24, 2.45) is 4.99 Å². The molecule has 0 atom stereocenters. The molecule has 2 heterocycles. The smallest absolute Gasteiger partial charge is 0.191 e. The van der Waals surface area contributed by atoms with Crippen molar-refractivity contribution in [3.8, 4) is 5.69 Å². The standard InChI is InChI=1S/C22H24FN7.HI/c1-2-25-22(26-10-9-17-13-27-21-11-18(23)5-8-20(17)21)28-12-16-3-6-19(7-4-16)30-15-24-14-29-30;/h3-8,11,13-15,27H,2,9-10,12H2,1H3,(H2,25,26,28);1H. The van der Waals surface area contributed by atoms with Crippen LogP contribution in [0.2, 0.25) is 0 Å². The van der Waals surface area contributed by atoms with E-state index in [9.17, 15) is 4.39 Å². The summed E-state index contributed by atoms with van der Waals surface area (Å²) in [5, 5.41) is 11.8. The monoisotopic (exact) mass is 533 g/mol. The average Bonchev–Trinajstić information content (AvgIpc) is 3.43. The van der Waals surface area contributed by atoms with Gasteiger partial charge in [-0.3, -0.25) is 0 Å². The summed E-state index contributed by atoms with van der Waals surface area (Å²) in [5.74, 6) is 0.536. The molecule has 0 radical (unpaired) electrons. The Morgan fingerprint density at radius 3 is 2.74 bits per heavy atom. The quantitative estimate of drug-likeness (QED) is 0.192. The molecule has 4 rings (SSSR count). The minimum Gasteiger partial charge on any atom is -0.361 e. The molecule has 4 aromatic rings. The largest absolute Gasteiger partial charge is 0.361 e. The van der Waals surface area contributed by atoms with Crippen LogP contribution in [0.1, 0.15) is 18.1 Å². The summed E-state index contributed by atoms with van der Waals surface area (Å²) in [6, 6.07) is 12.9. The van der Waals surface area contributed by atoms with Gasteiger partial charge in [0.2, 0.25) is 0 Å². The first kappa shape index (κ1) is 22.7. The second-order valence-electron chi connectivity index (χ2n) is 6.88. The molecule has 0 bridgehead atoms. The number of aliphatic imine (C=N–C) groups is 1. The average molecular weight is 533 g/mol. The number of benzene rings is 2. The zero-order valence-electron chi connectivity index (χ0n) is 17.2. The molecule has 0 spiro atoms. The summed E-state index contributed by atoms with van der Waals surface area (Å²) < 4.78 is 15.1. The van der Waals surface area contributed by atoms with Gasteiger partial charge in [0.05, 0.1) is 12.2 Å². The van der Waals surface area contributed by atoms with Crippen LogP contribution in [-0.4, -0.2) is 38.8 Å². The normalized spacial score (nSPS) is 11.4. The van der Waals surface area contributed by atoms with E-state index in [1.165, 1.54) is 18.5 Å². The molecule has 9 heteroatoms. The van der Waals surface area contributed by atoms with E-state index in [-0.39, 0.29) is 29.8 Å². The predicted molar refractivity (Wildman–Crippen MR) is 132 cm³/mol. The SMILES string of the molecule is CCNC(=NCc1ccc(-n2cncn2)cc1)NCCc1c[nH]c2cc(F)ccc12.I. The summed E-state index contributed by atoms with van der Waals surface area (Å²) in [6.07, 6.45) is 5.93. The van der Waals surface area contributed by atoms with Crippen molar-refractivity contribution in [1.82, 2.24) is 30.4 Å². The molecule has 0 aliphatic carbocycles. The fraction of sp³-hybridized carbons (Fsp3) is 0.227. The van der Waals surface area contributed by atoms with Gasteiger partial charge >= 0.3 is 0 Å². The van der Waals surface area contributed by atoms with E-state index in [1.807, 2.05) is 43.5 Å². The van der Waals surface area contributed by atoms with Crippen LogP contribution in [0, 0.1) is 5.82 Å². The number of aromatic nitrogens is 4. The van der Waals surface area contributed by atoms with Gasteiger partial charge in [-0.05, 0) is 54.8 Å². The first-order chi connectivity index (χ1) is 14.7. The number of fused-ring (bicyclic) bond motifs is 1. The lowest BCUT2D eigenvalue weighted by Crippen LogP contribution is -2.38. The molecule has 162 valence electrons. The lowest BCUT2D eigenvalue weighted by molar-refractivity contribution is 0.629. The van der Waals surface area contributed by atoms with Crippen LogP contribution in [0.15, 0.2) is 66.3 Å². The van der Waals surface area contributed by atoms with E-state index < -0.39 is 0 Å². The van der Waals surface area contributed by atoms with Gasteiger partial charge in [-0.15, -0.1) is 24.0 Å². The fourth-order valence-corrected chi connectivity index (χ4v) is 3.29. The Kier molecular flexibility index (Phi) is 7.99. The van der Waals surface area contributed by atoms with Crippen molar-refractivity contribution in [3.05, 3.63) is 78.3 Å². The minimum absolute atomic E-state index is 0. The second kappa shape index (κ2) is 10.9. The lowest BCUT2D eigenvalue weighted by atomic mass is 10.1. The summed E-state index contributed by atoms with van der Waals surface area (Å²) in [4.78, 5) is 11.8. The van der Waals surface area contributed by atoms with Crippen LogP contribution < -0.4 is 10.6 Å². The third-order valence-corrected chi connectivity index (χ3v) is 4.80. The third-order valence-electron chi connectivity index (χ3n) is 4.80. The van der Waals surface area contributed by atoms with E-state index in [4.69, 9.17) is 0 Å². The van der Waals surface area contributed by atoms with Crippen LogP contribution in [0.25, 0.3) is 16.6 Å². The Labute approximate surface area is 197 Å². The number of nitrogens with one attached hydrogen (secondary N) is 3. The minimum atomic E-state index is -0.232. The summed E-state index contributed by atoms with van der Waals surface area (Å²) >= 11 is 0. The zero-order chi connectivity index (χ0) is 20.8. The molecular formula is C22H25FIN7. The molecule has 0 amide bonds. The van der Waals surface area contributed by atoms with Crippen LogP contribution in [0.3, 0.4) is 0 Å². The van der Waals surface area contributed by atoms with Crippen molar-refractivity contribution >= 4 is 40.8 Å². The Hall–Kier alpha value is -2.95. The Morgan fingerprint density at radius 1 is 1.16 bits per heavy atom. The van der Waals surface area contributed by atoms with Crippen molar-refractivity contribution in [3.63, 3.8) is 0 Å². The summed E-state index contributed by atoms with van der Waals surface area (Å²) in [6.45, 7) is 4.11. The predicted octanol–water partition coefficient (Wildman–Crippen LogP) is 3.80. The highest BCUT2D eigenvalue weighted by atomic mass is 127. The van der Waals surface area contributed by atoms with Crippen LogP contribution >= 0.6 is 24.0 Å². The maximum atomic E-state index is 13.3. The van der Waals surface area contributed by atoms with E-state index in [2.05, 4.69) is 30.7 Å². The van der Waals surface area contributed by atoms with Crippen molar-refractivity contribution in [2.45, 2.75) is 19.9 Å². The zero-order valence-corrected chi connectivity index (χ0v) is 19.5. The Morgan fingerprint density at radius 2 is 2.00 bits per heavy atom. The number of guanidine groups is 1. The first-order valence-corrected chi connectivity index (χ1v) is 9.94. The topological polar surface area (TPSA) is 82.9 Å². The highest BCUT2D eigenvalue weighted by molar-refractivity contribution is 14.0. The Balaban J connectivity index is 0.00000272. The van der Waals surface area contributed by atoms with E-state index >= 15 is 0 Å². The lowest BCUT2D eigenvalue weighted by Gasteiger charge is -2.11. The number of halogens is 2. The maximum absolute atomic E-state index is 13.3.